The minimum absolute atomic E-state index is 0.160. The van der Waals surface area contributed by atoms with E-state index in [1.165, 1.54) is 19.3 Å². The molecule has 2 bridgehead atoms. The minimum atomic E-state index is -0.966. The topological polar surface area (TPSA) is 81.7 Å². The van der Waals surface area contributed by atoms with Gasteiger partial charge in [-0.3, -0.25) is 0 Å². The van der Waals surface area contributed by atoms with E-state index < -0.39 is 12.0 Å². The maximum Gasteiger partial charge on any atom is 0.326 e. The van der Waals surface area contributed by atoms with E-state index in [-0.39, 0.29) is 12.1 Å². The lowest BCUT2D eigenvalue weighted by atomic mass is 9.82. The number of hydrogen-bond donors (Lipinski definition) is 3. The number of carboxylic acid groups (broad SMARTS) is 1. The van der Waals surface area contributed by atoms with Gasteiger partial charge in [0.05, 0.1) is 0 Å². The van der Waals surface area contributed by atoms with Crippen molar-refractivity contribution in [1.29, 1.82) is 0 Å². The summed E-state index contributed by atoms with van der Waals surface area (Å²) in [6.45, 7) is 1.91. The summed E-state index contributed by atoms with van der Waals surface area (Å²) in [5, 5.41) is 14.6. The first-order chi connectivity index (χ1) is 10.0. The van der Waals surface area contributed by atoms with Crippen molar-refractivity contribution >= 4 is 12.0 Å². The van der Waals surface area contributed by atoms with E-state index in [4.69, 9.17) is 5.11 Å². The lowest BCUT2D eigenvalue weighted by Crippen LogP contribution is -2.57. The molecule has 2 unspecified atom stereocenters. The number of piperidine rings is 2. The highest BCUT2D eigenvalue weighted by Gasteiger charge is 2.36. The van der Waals surface area contributed by atoms with Crippen molar-refractivity contribution in [2.75, 3.05) is 7.05 Å². The van der Waals surface area contributed by atoms with Crippen molar-refractivity contribution in [3.8, 4) is 0 Å². The highest BCUT2D eigenvalue weighted by Crippen LogP contribution is 2.32. The van der Waals surface area contributed by atoms with Gasteiger partial charge in [0.25, 0.3) is 0 Å². The molecule has 3 N–H and O–H groups in total. The van der Waals surface area contributed by atoms with E-state index in [0.29, 0.717) is 18.5 Å². The van der Waals surface area contributed by atoms with Gasteiger partial charge in [0.2, 0.25) is 0 Å². The fourth-order valence-corrected chi connectivity index (χ4v) is 3.67. The third-order valence-corrected chi connectivity index (χ3v) is 4.86. The van der Waals surface area contributed by atoms with Gasteiger partial charge in [0.15, 0.2) is 0 Å². The molecule has 0 saturated carbocycles. The third-order valence-electron chi connectivity index (χ3n) is 4.86. The Morgan fingerprint density at radius 1 is 1.29 bits per heavy atom. The molecule has 0 aromatic rings. The largest absolute Gasteiger partial charge is 0.480 e. The number of urea groups is 1. The van der Waals surface area contributed by atoms with Gasteiger partial charge in [0, 0.05) is 18.1 Å². The molecule has 6 nitrogen and oxygen atoms in total. The van der Waals surface area contributed by atoms with Gasteiger partial charge in [-0.1, -0.05) is 19.8 Å². The van der Waals surface area contributed by atoms with Gasteiger partial charge >= 0.3 is 12.0 Å². The Hall–Kier alpha value is -1.30. The second-order valence-corrected chi connectivity index (χ2v) is 6.37. The molecule has 0 aliphatic carbocycles. The molecule has 0 aromatic heterocycles. The lowest BCUT2D eigenvalue weighted by Gasteiger charge is -2.47. The Labute approximate surface area is 126 Å². The quantitative estimate of drug-likeness (QED) is 0.719. The zero-order chi connectivity index (χ0) is 15.4. The smallest absolute Gasteiger partial charge is 0.326 e. The number of amides is 2. The van der Waals surface area contributed by atoms with Gasteiger partial charge in [-0.15, -0.1) is 0 Å². The first kappa shape index (κ1) is 16.1. The lowest BCUT2D eigenvalue weighted by molar-refractivity contribution is -0.139. The van der Waals surface area contributed by atoms with E-state index in [9.17, 15) is 9.59 Å². The number of carbonyl (C=O) groups is 2. The van der Waals surface area contributed by atoms with Crippen molar-refractivity contribution in [1.82, 2.24) is 15.5 Å². The number of aliphatic carboxylic acids is 1. The van der Waals surface area contributed by atoms with Crippen LogP contribution in [0.15, 0.2) is 0 Å². The van der Waals surface area contributed by atoms with Crippen LogP contribution in [0.3, 0.4) is 0 Å². The zero-order valence-corrected chi connectivity index (χ0v) is 13.0. The number of fused-ring (bicyclic) bond motifs is 2. The molecule has 2 saturated heterocycles. The molecule has 2 aliphatic heterocycles. The average molecular weight is 297 g/mol. The van der Waals surface area contributed by atoms with E-state index in [1.54, 1.807) is 0 Å². The molecule has 120 valence electrons. The van der Waals surface area contributed by atoms with Crippen LogP contribution in [0.5, 0.6) is 0 Å². The van der Waals surface area contributed by atoms with E-state index >= 15 is 0 Å². The molecule has 0 radical (unpaired) electrons. The Morgan fingerprint density at radius 3 is 2.43 bits per heavy atom. The van der Waals surface area contributed by atoms with E-state index in [1.807, 2.05) is 6.92 Å². The highest BCUT2D eigenvalue weighted by atomic mass is 16.4. The second kappa shape index (κ2) is 7.11. The number of hydrogen-bond acceptors (Lipinski definition) is 3. The minimum Gasteiger partial charge on any atom is -0.480 e. The predicted octanol–water partition coefficient (Wildman–Crippen LogP) is 1.55. The van der Waals surface area contributed by atoms with Gasteiger partial charge in [0.1, 0.15) is 6.04 Å². The molecule has 2 aliphatic rings. The van der Waals surface area contributed by atoms with Gasteiger partial charge in [-0.05, 0) is 39.2 Å². The van der Waals surface area contributed by atoms with Crippen LogP contribution in [0.2, 0.25) is 0 Å². The normalized spacial score (nSPS) is 30.5. The van der Waals surface area contributed by atoms with Crippen LogP contribution in [-0.4, -0.2) is 53.2 Å². The van der Waals surface area contributed by atoms with Crippen molar-refractivity contribution in [3.05, 3.63) is 0 Å². The zero-order valence-electron chi connectivity index (χ0n) is 13.0. The molecular formula is C15H27N3O3. The molecule has 6 heteroatoms. The SMILES string of the molecule is CCC[C@H](NC(=O)NC1CC2CCCC(C1)N2C)C(=O)O. The number of carboxylic acids is 1. The maximum atomic E-state index is 12.0. The van der Waals surface area contributed by atoms with Crippen LogP contribution in [0.4, 0.5) is 4.79 Å². The fourth-order valence-electron chi connectivity index (χ4n) is 3.67. The molecule has 21 heavy (non-hydrogen) atoms. The first-order valence-corrected chi connectivity index (χ1v) is 8.03. The van der Waals surface area contributed by atoms with Crippen LogP contribution < -0.4 is 10.6 Å². The molecule has 3 atom stereocenters. The third kappa shape index (κ3) is 4.09. The van der Waals surface area contributed by atoms with Crippen LogP contribution >= 0.6 is 0 Å². The summed E-state index contributed by atoms with van der Waals surface area (Å²) < 4.78 is 0. The van der Waals surface area contributed by atoms with Crippen LogP contribution in [0.25, 0.3) is 0 Å². The first-order valence-electron chi connectivity index (χ1n) is 8.03. The van der Waals surface area contributed by atoms with Crippen molar-refractivity contribution in [3.63, 3.8) is 0 Å². The molecule has 0 spiro atoms. The average Bonchev–Trinajstić information content (AvgIpc) is 2.39. The summed E-state index contributed by atoms with van der Waals surface area (Å²) in [5.41, 5.74) is 0. The Morgan fingerprint density at radius 2 is 1.90 bits per heavy atom. The fraction of sp³-hybridized carbons (Fsp3) is 0.867. The Balaban J connectivity index is 1.84. The van der Waals surface area contributed by atoms with Crippen molar-refractivity contribution < 1.29 is 14.7 Å². The van der Waals surface area contributed by atoms with Gasteiger partial charge in [-0.25, -0.2) is 9.59 Å². The van der Waals surface area contributed by atoms with Crippen molar-refractivity contribution in [2.45, 2.75) is 76.0 Å². The Kier molecular flexibility index (Phi) is 5.45. The summed E-state index contributed by atoms with van der Waals surface area (Å²) >= 11 is 0. The summed E-state index contributed by atoms with van der Waals surface area (Å²) in [4.78, 5) is 25.5. The monoisotopic (exact) mass is 297 g/mol. The van der Waals surface area contributed by atoms with Gasteiger partial charge < -0.3 is 20.6 Å². The van der Waals surface area contributed by atoms with E-state index in [0.717, 1.165) is 19.3 Å². The maximum absolute atomic E-state index is 12.0. The summed E-state index contributed by atoms with van der Waals surface area (Å²) in [6, 6.07) is 0.124. The van der Waals surface area contributed by atoms with Crippen LogP contribution in [0.1, 0.15) is 51.9 Å². The molecule has 2 heterocycles. The Bertz CT molecular complexity index is 374. The molecule has 0 aromatic carbocycles. The molecular weight excluding hydrogens is 270 g/mol. The molecule has 2 rings (SSSR count). The number of carbonyl (C=O) groups excluding carboxylic acids is 1. The summed E-state index contributed by atoms with van der Waals surface area (Å²) in [6.07, 6.45) is 6.78. The summed E-state index contributed by atoms with van der Waals surface area (Å²) in [7, 11) is 2.17. The standard InChI is InChI=1S/C15H27N3O3/c1-3-5-13(14(19)20)17-15(21)16-10-8-11-6-4-7-12(9-10)18(11)2/h10-13H,3-9H2,1-2H3,(H,19,20)(H2,16,17,21)/t10?,11?,12?,13-/m0/s1. The molecule has 2 fully saturated rings. The van der Waals surface area contributed by atoms with Crippen LogP contribution in [0, 0.1) is 0 Å². The number of nitrogens with zero attached hydrogens (tertiary/aromatic N) is 1. The number of nitrogens with one attached hydrogen (secondary N) is 2. The van der Waals surface area contributed by atoms with Crippen molar-refractivity contribution in [2.24, 2.45) is 0 Å². The van der Waals surface area contributed by atoms with E-state index in [2.05, 4.69) is 22.6 Å². The summed E-state index contributed by atoms with van der Waals surface area (Å²) in [5.74, 6) is -0.966. The molecule has 2 amide bonds. The number of rotatable bonds is 5. The van der Waals surface area contributed by atoms with Gasteiger partial charge in [-0.2, -0.15) is 0 Å². The van der Waals surface area contributed by atoms with Crippen LogP contribution in [-0.2, 0) is 4.79 Å². The predicted molar refractivity (Wildman–Crippen MR) is 80.2 cm³/mol. The second-order valence-electron chi connectivity index (χ2n) is 6.37. The highest BCUT2D eigenvalue weighted by molar-refractivity contribution is 5.82.